The molecule has 1 aromatic carbocycles. The molecule has 0 aliphatic heterocycles. The minimum absolute atomic E-state index is 0.553. The molecule has 0 aliphatic carbocycles. The average molecular weight is 247 g/mol. The number of rotatable bonds is 3. The molecule has 0 fully saturated rings. The van der Waals surface area contributed by atoms with E-state index >= 15 is 0 Å². The molecule has 2 aromatic rings. The lowest BCUT2D eigenvalue weighted by Crippen LogP contribution is -1.98. The fourth-order valence-electron chi connectivity index (χ4n) is 1.23. The van der Waals surface area contributed by atoms with Crippen LogP contribution < -0.4 is 0 Å². The molecule has 86 valence electrons. The summed E-state index contributed by atoms with van der Waals surface area (Å²) in [4.78, 5) is 1.46. The summed E-state index contributed by atoms with van der Waals surface area (Å²) in [5.74, 6) is 0.553. The SMILES string of the molecule is C=C/C(C)=C/c1nnn(-c2ccc(Cl)cc2)n1. The van der Waals surface area contributed by atoms with Crippen LogP contribution in [0.1, 0.15) is 12.7 Å². The Balaban J connectivity index is 2.29. The number of tetrazole rings is 1. The van der Waals surface area contributed by atoms with Gasteiger partial charge in [-0.3, -0.25) is 0 Å². The number of allylic oxidation sites excluding steroid dienone is 2. The van der Waals surface area contributed by atoms with Crippen LogP contribution in [-0.2, 0) is 0 Å². The van der Waals surface area contributed by atoms with E-state index in [9.17, 15) is 0 Å². The molecule has 1 heterocycles. The Morgan fingerprint density at radius 3 is 2.71 bits per heavy atom. The van der Waals surface area contributed by atoms with E-state index in [-0.39, 0.29) is 0 Å². The van der Waals surface area contributed by atoms with E-state index in [0.717, 1.165) is 11.3 Å². The van der Waals surface area contributed by atoms with Crippen LogP contribution in [0.4, 0.5) is 0 Å². The van der Waals surface area contributed by atoms with Crippen LogP contribution in [-0.4, -0.2) is 20.2 Å². The Hall–Kier alpha value is -1.94. The van der Waals surface area contributed by atoms with Crippen LogP contribution in [0.5, 0.6) is 0 Å². The molecule has 5 heteroatoms. The van der Waals surface area contributed by atoms with Gasteiger partial charge in [-0.15, -0.1) is 15.0 Å². The van der Waals surface area contributed by atoms with Gasteiger partial charge in [-0.25, -0.2) is 0 Å². The monoisotopic (exact) mass is 246 g/mol. The maximum absolute atomic E-state index is 5.81. The second-order valence-corrected chi connectivity index (χ2v) is 3.94. The van der Waals surface area contributed by atoms with Crippen LogP contribution in [0.15, 0.2) is 42.5 Å². The summed E-state index contributed by atoms with van der Waals surface area (Å²) >= 11 is 5.81. The van der Waals surface area contributed by atoms with Gasteiger partial charge in [0.15, 0.2) is 5.82 Å². The van der Waals surface area contributed by atoms with Crippen molar-refractivity contribution in [3.05, 3.63) is 53.3 Å². The van der Waals surface area contributed by atoms with E-state index in [4.69, 9.17) is 11.6 Å². The second kappa shape index (κ2) is 4.93. The maximum atomic E-state index is 5.81. The molecule has 0 atom stereocenters. The highest BCUT2D eigenvalue weighted by atomic mass is 35.5. The van der Waals surface area contributed by atoms with Crippen molar-refractivity contribution in [1.82, 2.24) is 20.2 Å². The zero-order chi connectivity index (χ0) is 12.3. The molecule has 2 rings (SSSR count). The van der Waals surface area contributed by atoms with Gasteiger partial charge >= 0.3 is 0 Å². The van der Waals surface area contributed by atoms with Crippen LogP contribution in [0.2, 0.25) is 5.02 Å². The smallest absolute Gasteiger partial charge is 0.131 e. The van der Waals surface area contributed by atoms with Gasteiger partial charge in [-0.1, -0.05) is 24.3 Å². The fraction of sp³-hybridized carbons (Fsp3) is 0.0833. The number of nitrogens with zero attached hydrogens (tertiary/aromatic N) is 4. The molecule has 0 unspecified atom stereocenters. The average Bonchev–Trinajstić information content (AvgIpc) is 2.78. The van der Waals surface area contributed by atoms with E-state index in [1.165, 1.54) is 4.80 Å². The standard InChI is InChI=1S/C12H11ClN4/c1-3-9(2)8-12-14-16-17(15-12)11-6-4-10(13)5-7-11/h3-8H,1H2,2H3/b9-8+. The molecule has 0 radical (unpaired) electrons. The van der Waals surface area contributed by atoms with E-state index in [2.05, 4.69) is 22.0 Å². The first kappa shape index (κ1) is 11.5. The van der Waals surface area contributed by atoms with Gasteiger partial charge in [0.25, 0.3) is 0 Å². The van der Waals surface area contributed by atoms with Gasteiger partial charge in [0.2, 0.25) is 0 Å². The Morgan fingerprint density at radius 2 is 2.06 bits per heavy atom. The lowest BCUT2D eigenvalue weighted by atomic mass is 10.3. The number of halogens is 1. The predicted molar refractivity (Wildman–Crippen MR) is 68.0 cm³/mol. The summed E-state index contributed by atoms with van der Waals surface area (Å²) < 4.78 is 0. The Morgan fingerprint density at radius 1 is 1.35 bits per heavy atom. The van der Waals surface area contributed by atoms with Crippen LogP contribution in [0.25, 0.3) is 11.8 Å². The largest absolute Gasteiger partial charge is 0.198 e. The van der Waals surface area contributed by atoms with E-state index in [1.54, 1.807) is 18.2 Å². The summed E-state index contributed by atoms with van der Waals surface area (Å²) in [6, 6.07) is 7.23. The summed E-state index contributed by atoms with van der Waals surface area (Å²) in [5.41, 5.74) is 1.80. The van der Waals surface area contributed by atoms with E-state index < -0.39 is 0 Å². The van der Waals surface area contributed by atoms with Crippen molar-refractivity contribution < 1.29 is 0 Å². The molecular formula is C12H11ClN4. The first-order valence-corrected chi connectivity index (χ1v) is 5.43. The van der Waals surface area contributed by atoms with Gasteiger partial charge < -0.3 is 0 Å². The Bertz CT molecular complexity index is 554. The molecule has 0 bridgehead atoms. The number of hydrogen-bond donors (Lipinski definition) is 0. The topological polar surface area (TPSA) is 43.6 Å². The van der Waals surface area contributed by atoms with E-state index in [0.29, 0.717) is 10.8 Å². The quantitative estimate of drug-likeness (QED) is 0.782. The highest BCUT2D eigenvalue weighted by Gasteiger charge is 2.02. The number of aromatic nitrogens is 4. The Labute approximate surface area is 104 Å². The normalized spacial score (nSPS) is 11.5. The molecule has 0 saturated carbocycles. The number of benzene rings is 1. The van der Waals surface area contributed by atoms with Crippen molar-refractivity contribution in [3.8, 4) is 5.69 Å². The highest BCUT2D eigenvalue weighted by molar-refractivity contribution is 6.30. The fourth-order valence-corrected chi connectivity index (χ4v) is 1.36. The minimum atomic E-state index is 0.553. The lowest BCUT2D eigenvalue weighted by Gasteiger charge is -1.96. The molecule has 17 heavy (non-hydrogen) atoms. The van der Waals surface area contributed by atoms with Crippen molar-refractivity contribution >= 4 is 17.7 Å². The zero-order valence-corrected chi connectivity index (χ0v) is 10.1. The third-order valence-electron chi connectivity index (χ3n) is 2.17. The second-order valence-electron chi connectivity index (χ2n) is 3.51. The molecule has 0 N–H and O–H groups in total. The molecule has 4 nitrogen and oxygen atoms in total. The van der Waals surface area contributed by atoms with Gasteiger partial charge in [-0.05, 0) is 48.1 Å². The summed E-state index contributed by atoms with van der Waals surface area (Å²) in [6.45, 7) is 5.59. The summed E-state index contributed by atoms with van der Waals surface area (Å²) in [5, 5.41) is 12.8. The third-order valence-corrected chi connectivity index (χ3v) is 2.42. The van der Waals surface area contributed by atoms with Crippen molar-refractivity contribution in [3.63, 3.8) is 0 Å². The predicted octanol–water partition coefficient (Wildman–Crippen LogP) is 2.91. The van der Waals surface area contributed by atoms with Crippen molar-refractivity contribution in [2.45, 2.75) is 6.92 Å². The van der Waals surface area contributed by atoms with Gasteiger partial charge in [0.05, 0.1) is 5.69 Å². The van der Waals surface area contributed by atoms with Crippen molar-refractivity contribution in [1.29, 1.82) is 0 Å². The molecule has 0 aliphatic rings. The number of hydrogen-bond acceptors (Lipinski definition) is 3. The van der Waals surface area contributed by atoms with Gasteiger partial charge in [-0.2, -0.15) is 0 Å². The van der Waals surface area contributed by atoms with Crippen molar-refractivity contribution in [2.24, 2.45) is 0 Å². The Kier molecular flexibility index (Phi) is 3.35. The maximum Gasteiger partial charge on any atom is 0.198 e. The first-order valence-electron chi connectivity index (χ1n) is 5.06. The van der Waals surface area contributed by atoms with Crippen LogP contribution >= 0.6 is 11.6 Å². The highest BCUT2D eigenvalue weighted by Crippen LogP contribution is 2.11. The first-order chi connectivity index (χ1) is 8.19. The van der Waals surface area contributed by atoms with Gasteiger partial charge in [0.1, 0.15) is 0 Å². The van der Waals surface area contributed by atoms with Gasteiger partial charge in [0, 0.05) is 5.02 Å². The molecule has 0 saturated heterocycles. The lowest BCUT2D eigenvalue weighted by molar-refractivity contribution is 0.719. The van der Waals surface area contributed by atoms with Crippen LogP contribution in [0.3, 0.4) is 0 Å². The van der Waals surface area contributed by atoms with Crippen molar-refractivity contribution in [2.75, 3.05) is 0 Å². The third kappa shape index (κ3) is 2.79. The van der Waals surface area contributed by atoms with Crippen LogP contribution in [0, 0.1) is 0 Å². The molecule has 1 aromatic heterocycles. The molecule has 0 spiro atoms. The zero-order valence-electron chi connectivity index (χ0n) is 9.34. The molecule has 0 amide bonds. The van der Waals surface area contributed by atoms with E-state index in [1.807, 2.05) is 25.1 Å². The summed E-state index contributed by atoms with van der Waals surface area (Å²) in [6.07, 6.45) is 3.55. The summed E-state index contributed by atoms with van der Waals surface area (Å²) in [7, 11) is 0. The minimum Gasteiger partial charge on any atom is -0.131 e. The molecular weight excluding hydrogens is 236 g/mol.